The third-order valence-electron chi connectivity index (χ3n) is 4.86. The predicted octanol–water partition coefficient (Wildman–Crippen LogP) is 3.68. The van der Waals surface area contributed by atoms with Crippen molar-refractivity contribution in [1.82, 2.24) is 4.57 Å². The van der Waals surface area contributed by atoms with Crippen molar-refractivity contribution in [2.24, 2.45) is 4.99 Å². The van der Waals surface area contributed by atoms with E-state index < -0.39 is 17.3 Å². The Morgan fingerprint density at radius 1 is 1.16 bits per heavy atom. The first-order valence-corrected chi connectivity index (χ1v) is 10.7. The average molecular weight is 436 g/mol. The second-order valence-electron chi connectivity index (χ2n) is 6.82. The number of fused-ring (bicyclic) bond motifs is 2. The number of rotatable bonds is 5. The van der Waals surface area contributed by atoms with Crippen LogP contribution in [0.5, 0.6) is 0 Å². The Hall–Kier alpha value is -3.52. The highest BCUT2D eigenvalue weighted by Crippen LogP contribution is 2.20. The summed E-state index contributed by atoms with van der Waals surface area (Å²) in [5.74, 6) is -1.15. The lowest BCUT2D eigenvalue weighted by molar-refractivity contribution is -0.143. The monoisotopic (exact) mass is 436 g/mol. The summed E-state index contributed by atoms with van der Waals surface area (Å²) in [6.07, 6.45) is 1.99. The third-order valence-corrected chi connectivity index (χ3v) is 5.90. The Bertz CT molecular complexity index is 1430. The first-order chi connectivity index (χ1) is 15.0. The van der Waals surface area contributed by atoms with E-state index in [-0.39, 0.29) is 18.7 Å². The van der Waals surface area contributed by atoms with Crippen LogP contribution in [0.4, 0.5) is 0 Å². The van der Waals surface area contributed by atoms with Gasteiger partial charge in [0, 0.05) is 0 Å². The molecule has 0 saturated heterocycles. The van der Waals surface area contributed by atoms with E-state index in [0.717, 1.165) is 28.5 Å². The molecular formula is C23H20N2O5S. The molecule has 4 rings (SSSR count). The van der Waals surface area contributed by atoms with Gasteiger partial charge in [-0.2, -0.15) is 4.99 Å². The lowest BCUT2D eigenvalue weighted by Gasteiger charge is -2.05. The van der Waals surface area contributed by atoms with Crippen LogP contribution >= 0.6 is 11.3 Å². The van der Waals surface area contributed by atoms with Crippen LogP contribution in [0, 0.1) is 0 Å². The van der Waals surface area contributed by atoms with Gasteiger partial charge in [-0.1, -0.05) is 36.5 Å². The number of aryl methyl sites for hydroxylation is 1. The van der Waals surface area contributed by atoms with Crippen molar-refractivity contribution < 1.29 is 18.7 Å². The Morgan fingerprint density at radius 2 is 1.97 bits per heavy atom. The Balaban J connectivity index is 1.85. The molecule has 0 saturated carbocycles. The van der Waals surface area contributed by atoms with Crippen molar-refractivity contribution in [3.63, 3.8) is 0 Å². The minimum absolute atomic E-state index is 0.0856. The van der Waals surface area contributed by atoms with Crippen molar-refractivity contribution >= 4 is 44.4 Å². The van der Waals surface area contributed by atoms with E-state index >= 15 is 0 Å². The molecule has 7 nitrogen and oxygen atoms in total. The van der Waals surface area contributed by atoms with Crippen LogP contribution in [0.2, 0.25) is 0 Å². The maximum absolute atomic E-state index is 12.9. The molecule has 1 amide bonds. The SMILES string of the molecule is CCOC(=O)Cn1c(=NC(=O)c2coc3ccccc3c2=O)sc2cc(CC)ccc21. The number of carbonyl (C=O) groups is 2. The molecule has 0 aliphatic rings. The molecule has 0 radical (unpaired) electrons. The highest BCUT2D eigenvalue weighted by molar-refractivity contribution is 7.16. The number of carbonyl (C=O) groups excluding carboxylic acids is 2. The maximum Gasteiger partial charge on any atom is 0.326 e. The highest BCUT2D eigenvalue weighted by Gasteiger charge is 2.16. The molecule has 0 unspecified atom stereocenters. The van der Waals surface area contributed by atoms with Gasteiger partial charge in [0.1, 0.15) is 24.0 Å². The molecule has 158 valence electrons. The van der Waals surface area contributed by atoms with Gasteiger partial charge in [-0.15, -0.1) is 0 Å². The number of amides is 1. The molecule has 0 bridgehead atoms. The number of benzene rings is 2. The van der Waals surface area contributed by atoms with E-state index in [1.165, 1.54) is 11.3 Å². The van der Waals surface area contributed by atoms with Crippen LogP contribution in [-0.2, 0) is 22.5 Å². The molecular weight excluding hydrogens is 416 g/mol. The van der Waals surface area contributed by atoms with Crippen LogP contribution in [0.15, 0.2) is 62.9 Å². The molecule has 0 spiro atoms. The Labute approximate surface area is 181 Å². The quantitative estimate of drug-likeness (QED) is 0.445. The van der Waals surface area contributed by atoms with Crippen molar-refractivity contribution in [2.75, 3.05) is 6.61 Å². The number of aromatic nitrogens is 1. The molecule has 31 heavy (non-hydrogen) atoms. The number of hydrogen-bond acceptors (Lipinski definition) is 6. The van der Waals surface area contributed by atoms with Gasteiger partial charge >= 0.3 is 5.97 Å². The van der Waals surface area contributed by atoms with E-state index in [0.29, 0.717) is 15.8 Å². The van der Waals surface area contributed by atoms with E-state index in [9.17, 15) is 14.4 Å². The summed E-state index contributed by atoms with van der Waals surface area (Å²) in [6, 6.07) is 12.6. The van der Waals surface area contributed by atoms with Crippen LogP contribution in [0.1, 0.15) is 29.8 Å². The second kappa shape index (κ2) is 8.69. The van der Waals surface area contributed by atoms with Gasteiger partial charge in [-0.3, -0.25) is 14.4 Å². The van der Waals surface area contributed by atoms with Gasteiger partial charge < -0.3 is 13.7 Å². The van der Waals surface area contributed by atoms with Crippen molar-refractivity contribution in [2.45, 2.75) is 26.8 Å². The van der Waals surface area contributed by atoms with Crippen LogP contribution in [0.3, 0.4) is 0 Å². The van der Waals surface area contributed by atoms with Gasteiger partial charge in [0.25, 0.3) is 5.91 Å². The molecule has 2 aromatic carbocycles. The summed E-state index contributed by atoms with van der Waals surface area (Å²) in [4.78, 5) is 42.3. The van der Waals surface area contributed by atoms with E-state index in [1.807, 2.05) is 18.2 Å². The van der Waals surface area contributed by atoms with Crippen LogP contribution < -0.4 is 10.2 Å². The van der Waals surface area contributed by atoms with Gasteiger partial charge in [0.05, 0.1) is 22.2 Å². The molecule has 0 fully saturated rings. The molecule has 8 heteroatoms. The fourth-order valence-corrected chi connectivity index (χ4v) is 4.38. The fourth-order valence-electron chi connectivity index (χ4n) is 3.28. The largest absolute Gasteiger partial charge is 0.465 e. The van der Waals surface area contributed by atoms with Crippen molar-refractivity contribution in [3.05, 3.63) is 74.9 Å². The maximum atomic E-state index is 12.9. The summed E-state index contributed by atoms with van der Waals surface area (Å²) in [5, 5.41) is 0.312. The van der Waals surface area contributed by atoms with Crippen molar-refractivity contribution in [3.8, 4) is 0 Å². The number of thiazole rings is 1. The molecule has 4 aromatic rings. The van der Waals surface area contributed by atoms with Crippen LogP contribution in [0.25, 0.3) is 21.2 Å². The minimum Gasteiger partial charge on any atom is -0.465 e. The lowest BCUT2D eigenvalue weighted by Crippen LogP contribution is -2.24. The normalized spacial score (nSPS) is 11.9. The zero-order chi connectivity index (χ0) is 22.0. The number of para-hydroxylation sites is 1. The smallest absolute Gasteiger partial charge is 0.326 e. The summed E-state index contributed by atoms with van der Waals surface area (Å²) < 4.78 is 13.0. The van der Waals surface area contributed by atoms with Gasteiger partial charge in [-0.05, 0) is 43.2 Å². The van der Waals surface area contributed by atoms with E-state index in [1.54, 1.807) is 35.8 Å². The Kier molecular flexibility index (Phi) is 5.81. The van der Waals surface area contributed by atoms with E-state index in [2.05, 4.69) is 11.9 Å². The standard InChI is InChI=1S/C23H20N2O5S/c1-3-14-9-10-17-19(11-14)31-23(25(17)12-20(26)29-4-2)24-22(28)16-13-30-18-8-6-5-7-15(18)21(16)27/h5-11,13H,3-4,12H2,1-2H3. The summed E-state index contributed by atoms with van der Waals surface area (Å²) in [7, 11) is 0. The van der Waals surface area contributed by atoms with Gasteiger partial charge in [-0.25, -0.2) is 0 Å². The molecule has 0 N–H and O–H groups in total. The number of hydrogen-bond donors (Lipinski definition) is 0. The highest BCUT2D eigenvalue weighted by atomic mass is 32.1. The van der Waals surface area contributed by atoms with Gasteiger partial charge in [0.15, 0.2) is 4.80 Å². The number of nitrogens with zero attached hydrogens (tertiary/aromatic N) is 2. The fraction of sp³-hybridized carbons (Fsp3) is 0.217. The molecule has 2 aromatic heterocycles. The minimum atomic E-state index is -0.723. The molecule has 2 heterocycles. The number of esters is 1. The average Bonchev–Trinajstić information content (AvgIpc) is 3.10. The molecule has 0 atom stereocenters. The third kappa shape index (κ3) is 4.06. The van der Waals surface area contributed by atoms with Gasteiger partial charge in [0.2, 0.25) is 5.43 Å². The predicted molar refractivity (Wildman–Crippen MR) is 118 cm³/mol. The summed E-state index contributed by atoms with van der Waals surface area (Å²) in [5.41, 5.74) is 1.70. The summed E-state index contributed by atoms with van der Waals surface area (Å²) in [6.45, 7) is 3.95. The molecule has 0 aliphatic heterocycles. The lowest BCUT2D eigenvalue weighted by atomic mass is 10.1. The van der Waals surface area contributed by atoms with Crippen molar-refractivity contribution in [1.29, 1.82) is 0 Å². The zero-order valence-electron chi connectivity index (χ0n) is 17.1. The first-order valence-electron chi connectivity index (χ1n) is 9.89. The Morgan fingerprint density at radius 3 is 2.74 bits per heavy atom. The molecule has 0 aliphatic carbocycles. The topological polar surface area (TPSA) is 90.9 Å². The number of ether oxygens (including phenoxy) is 1. The summed E-state index contributed by atoms with van der Waals surface area (Å²) >= 11 is 1.28. The van der Waals surface area contributed by atoms with E-state index in [4.69, 9.17) is 9.15 Å². The second-order valence-corrected chi connectivity index (χ2v) is 7.83. The zero-order valence-corrected chi connectivity index (χ0v) is 17.9. The van der Waals surface area contributed by atoms with Crippen LogP contribution in [-0.4, -0.2) is 23.1 Å². The first kappa shape index (κ1) is 20.7.